The Morgan fingerprint density at radius 1 is 1.36 bits per heavy atom. The van der Waals surface area contributed by atoms with Crippen LogP contribution in [-0.2, 0) is 20.7 Å². The molecule has 6 heteroatoms. The molecule has 5 nitrogen and oxygen atoms in total. The number of benzene rings is 1. The van der Waals surface area contributed by atoms with E-state index in [-0.39, 0.29) is 30.6 Å². The van der Waals surface area contributed by atoms with Crippen LogP contribution < -0.4 is 5.73 Å². The van der Waals surface area contributed by atoms with Crippen molar-refractivity contribution in [3.8, 4) is 0 Å². The maximum Gasteiger partial charge on any atom is 0.306 e. The zero-order valence-corrected chi connectivity index (χ0v) is 13.2. The summed E-state index contributed by atoms with van der Waals surface area (Å²) < 4.78 is 18.4. The summed E-state index contributed by atoms with van der Waals surface area (Å²) in [5, 5.41) is 0. The predicted molar refractivity (Wildman–Crippen MR) is 81.5 cm³/mol. The van der Waals surface area contributed by atoms with Gasteiger partial charge < -0.3 is 15.4 Å². The molecule has 0 bridgehead atoms. The Hall–Kier alpha value is -1.95. The molecule has 1 aromatic carbocycles. The lowest BCUT2D eigenvalue weighted by Gasteiger charge is -2.28. The third-order valence-electron chi connectivity index (χ3n) is 3.76. The van der Waals surface area contributed by atoms with Crippen LogP contribution in [0.15, 0.2) is 24.3 Å². The fourth-order valence-electron chi connectivity index (χ4n) is 2.12. The molecular formula is C16H23FN2O3. The molecule has 0 saturated heterocycles. The summed E-state index contributed by atoms with van der Waals surface area (Å²) in [4.78, 5) is 25.6. The summed E-state index contributed by atoms with van der Waals surface area (Å²) in [6.07, 6.45) is 0.0491. The van der Waals surface area contributed by atoms with E-state index in [1.165, 1.54) is 18.1 Å². The first-order chi connectivity index (χ1) is 10.4. The maximum absolute atomic E-state index is 13.8. The second-order valence-electron chi connectivity index (χ2n) is 5.31. The lowest BCUT2D eigenvalue weighted by atomic mass is 9.94. The number of carbonyl (C=O) groups excluding carboxylic acids is 2. The highest BCUT2D eigenvalue weighted by molar-refractivity contribution is 5.84. The summed E-state index contributed by atoms with van der Waals surface area (Å²) in [6, 6.07) is 6.07. The number of likely N-dealkylation sites (N-methyl/N-ethyl adjacent to an activating group) is 1. The first-order valence-electron chi connectivity index (χ1n) is 7.17. The van der Waals surface area contributed by atoms with Crippen molar-refractivity contribution in [2.45, 2.75) is 25.8 Å². The Morgan fingerprint density at radius 3 is 2.55 bits per heavy atom. The zero-order valence-electron chi connectivity index (χ0n) is 13.2. The Labute approximate surface area is 130 Å². The minimum Gasteiger partial charge on any atom is -0.469 e. The molecule has 0 aliphatic heterocycles. The van der Waals surface area contributed by atoms with Crippen LogP contribution in [0.3, 0.4) is 0 Å². The van der Waals surface area contributed by atoms with E-state index in [1.807, 2.05) is 6.92 Å². The van der Waals surface area contributed by atoms with Gasteiger partial charge in [0.1, 0.15) is 5.82 Å². The topological polar surface area (TPSA) is 72.6 Å². The fourth-order valence-corrected chi connectivity index (χ4v) is 2.12. The van der Waals surface area contributed by atoms with Crippen LogP contribution >= 0.6 is 0 Å². The molecule has 0 unspecified atom stereocenters. The van der Waals surface area contributed by atoms with Gasteiger partial charge >= 0.3 is 5.97 Å². The van der Waals surface area contributed by atoms with Crippen molar-refractivity contribution in [1.29, 1.82) is 0 Å². The molecule has 0 aliphatic carbocycles. The van der Waals surface area contributed by atoms with Gasteiger partial charge in [-0.1, -0.05) is 18.2 Å². The largest absolute Gasteiger partial charge is 0.469 e. The SMILES string of the molecule is COC(=O)C[C@@H](Cc1ccccc1F)C(=O)N(C)[C@@H](C)CN. The molecule has 0 aromatic heterocycles. The molecular weight excluding hydrogens is 287 g/mol. The van der Waals surface area contributed by atoms with E-state index in [0.29, 0.717) is 12.1 Å². The second-order valence-corrected chi connectivity index (χ2v) is 5.31. The highest BCUT2D eigenvalue weighted by atomic mass is 19.1. The van der Waals surface area contributed by atoms with Gasteiger partial charge in [0.25, 0.3) is 0 Å². The lowest BCUT2D eigenvalue weighted by Crippen LogP contribution is -2.44. The van der Waals surface area contributed by atoms with Crippen molar-refractivity contribution in [3.63, 3.8) is 0 Å². The summed E-state index contributed by atoms with van der Waals surface area (Å²) in [7, 11) is 2.89. The molecule has 2 N–H and O–H groups in total. The number of rotatable bonds is 7. The number of hydrogen-bond acceptors (Lipinski definition) is 4. The van der Waals surface area contributed by atoms with E-state index < -0.39 is 11.9 Å². The summed E-state index contributed by atoms with van der Waals surface area (Å²) in [6.45, 7) is 2.13. The van der Waals surface area contributed by atoms with Crippen molar-refractivity contribution >= 4 is 11.9 Å². The van der Waals surface area contributed by atoms with Gasteiger partial charge in [0.15, 0.2) is 0 Å². The van der Waals surface area contributed by atoms with Crippen LogP contribution in [-0.4, -0.2) is 43.5 Å². The number of methoxy groups -OCH3 is 1. The standard InChI is InChI=1S/C16H23FN2O3/c1-11(10-18)19(2)16(21)13(9-15(20)22-3)8-12-6-4-5-7-14(12)17/h4-7,11,13H,8-10,18H2,1-3H3/t11-,13+/m0/s1. The van der Waals surface area contributed by atoms with Gasteiger partial charge in [0.05, 0.1) is 19.4 Å². The highest BCUT2D eigenvalue weighted by Gasteiger charge is 2.28. The van der Waals surface area contributed by atoms with Gasteiger partial charge in [-0.2, -0.15) is 0 Å². The zero-order chi connectivity index (χ0) is 16.7. The van der Waals surface area contributed by atoms with Crippen LogP contribution in [0.4, 0.5) is 4.39 Å². The van der Waals surface area contributed by atoms with Crippen LogP contribution in [0.25, 0.3) is 0 Å². The van der Waals surface area contributed by atoms with Gasteiger partial charge in [0.2, 0.25) is 5.91 Å². The maximum atomic E-state index is 13.8. The number of nitrogens with two attached hydrogens (primary N) is 1. The molecule has 122 valence electrons. The van der Waals surface area contributed by atoms with Crippen molar-refractivity contribution in [1.82, 2.24) is 4.90 Å². The number of amides is 1. The predicted octanol–water partition coefficient (Wildman–Crippen LogP) is 1.35. The van der Waals surface area contributed by atoms with Crippen molar-refractivity contribution in [3.05, 3.63) is 35.6 Å². The average molecular weight is 310 g/mol. The van der Waals surface area contributed by atoms with E-state index in [4.69, 9.17) is 5.73 Å². The van der Waals surface area contributed by atoms with Crippen LogP contribution in [0.2, 0.25) is 0 Å². The van der Waals surface area contributed by atoms with Crippen LogP contribution in [0.1, 0.15) is 18.9 Å². The minimum absolute atomic E-state index is 0.0920. The minimum atomic E-state index is -0.677. The molecule has 0 fully saturated rings. The Morgan fingerprint density at radius 2 is 2.00 bits per heavy atom. The number of ether oxygens (including phenoxy) is 1. The summed E-state index contributed by atoms with van der Waals surface area (Å²) >= 11 is 0. The van der Waals surface area contributed by atoms with E-state index in [2.05, 4.69) is 4.74 Å². The molecule has 1 rings (SSSR count). The van der Waals surface area contributed by atoms with Crippen LogP contribution in [0.5, 0.6) is 0 Å². The molecule has 0 spiro atoms. The molecule has 0 heterocycles. The first kappa shape index (κ1) is 18.1. The monoisotopic (exact) mass is 310 g/mol. The fraction of sp³-hybridized carbons (Fsp3) is 0.500. The van der Waals surface area contributed by atoms with Gasteiger partial charge in [-0.25, -0.2) is 4.39 Å². The Bertz CT molecular complexity index is 522. The molecule has 1 amide bonds. The number of hydrogen-bond donors (Lipinski definition) is 1. The second kappa shape index (κ2) is 8.48. The number of halogens is 1. The quantitative estimate of drug-likeness (QED) is 0.772. The molecule has 22 heavy (non-hydrogen) atoms. The van der Waals surface area contributed by atoms with Crippen LogP contribution in [0, 0.1) is 11.7 Å². The van der Waals surface area contributed by atoms with E-state index >= 15 is 0 Å². The summed E-state index contributed by atoms with van der Waals surface area (Å²) in [5.74, 6) is -1.81. The Kier molecular flexibility index (Phi) is 6.98. The number of esters is 1. The molecule has 1 aromatic rings. The highest BCUT2D eigenvalue weighted by Crippen LogP contribution is 2.19. The average Bonchev–Trinajstić information content (AvgIpc) is 2.53. The third-order valence-corrected chi connectivity index (χ3v) is 3.76. The molecule has 0 radical (unpaired) electrons. The Balaban J connectivity index is 2.95. The van der Waals surface area contributed by atoms with E-state index in [0.717, 1.165) is 0 Å². The van der Waals surface area contributed by atoms with Crippen molar-refractivity contribution in [2.24, 2.45) is 11.7 Å². The van der Waals surface area contributed by atoms with Crippen molar-refractivity contribution in [2.75, 3.05) is 20.7 Å². The number of carbonyl (C=O) groups is 2. The number of nitrogens with zero attached hydrogens (tertiary/aromatic N) is 1. The van der Waals surface area contributed by atoms with E-state index in [9.17, 15) is 14.0 Å². The molecule has 0 saturated carbocycles. The third kappa shape index (κ3) is 4.80. The summed E-state index contributed by atoms with van der Waals surface area (Å²) in [5.41, 5.74) is 5.97. The first-order valence-corrected chi connectivity index (χ1v) is 7.17. The van der Waals surface area contributed by atoms with E-state index in [1.54, 1.807) is 25.2 Å². The normalized spacial score (nSPS) is 13.3. The van der Waals surface area contributed by atoms with Gasteiger partial charge in [-0.3, -0.25) is 9.59 Å². The van der Waals surface area contributed by atoms with Gasteiger partial charge in [0, 0.05) is 19.6 Å². The smallest absolute Gasteiger partial charge is 0.306 e. The molecule has 2 atom stereocenters. The van der Waals surface area contributed by atoms with Gasteiger partial charge in [-0.05, 0) is 25.0 Å². The van der Waals surface area contributed by atoms with Crippen molar-refractivity contribution < 1.29 is 18.7 Å². The lowest BCUT2D eigenvalue weighted by molar-refractivity contribution is -0.147. The molecule has 0 aliphatic rings. The van der Waals surface area contributed by atoms with Gasteiger partial charge in [-0.15, -0.1) is 0 Å².